The van der Waals surface area contributed by atoms with Crippen molar-refractivity contribution in [3.8, 4) is 0 Å². The van der Waals surface area contributed by atoms with Gasteiger partial charge in [-0.1, -0.05) is 34.1 Å². The molecule has 4 nitrogen and oxygen atoms in total. The number of amides is 1. The first kappa shape index (κ1) is 14.8. The van der Waals surface area contributed by atoms with E-state index < -0.39 is 5.79 Å². The van der Waals surface area contributed by atoms with Gasteiger partial charge in [0.1, 0.15) is 0 Å². The Hall–Kier alpha value is -1.17. The van der Waals surface area contributed by atoms with Crippen LogP contribution in [0.1, 0.15) is 18.4 Å². The van der Waals surface area contributed by atoms with Crippen molar-refractivity contribution in [1.82, 2.24) is 4.90 Å². The van der Waals surface area contributed by atoms with Crippen molar-refractivity contribution < 1.29 is 14.3 Å². The minimum Gasteiger partial charge on any atom is -0.347 e. The summed E-state index contributed by atoms with van der Waals surface area (Å²) in [6.07, 6.45) is 4.98. The normalized spacial score (nSPS) is 21.3. The molecule has 0 atom stereocenters. The molecule has 3 rings (SSSR count). The molecule has 0 N–H and O–H groups in total. The number of halogens is 1. The van der Waals surface area contributed by atoms with Crippen molar-refractivity contribution >= 4 is 27.9 Å². The van der Waals surface area contributed by atoms with Crippen molar-refractivity contribution in [2.24, 2.45) is 0 Å². The third-order valence-corrected chi connectivity index (χ3v) is 4.68. The maximum absolute atomic E-state index is 12.2. The van der Waals surface area contributed by atoms with E-state index in [0.29, 0.717) is 26.3 Å². The van der Waals surface area contributed by atoms with E-state index in [-0.39, 0.29) is 5.91 Å². The van der Waals surface area contributed by atoms with Crippen LogP contribution in [0.15, 0.2) is 34.8 Å². The van der Waals surface area contributed by atoms with Crippen LogP contribution in [-0.4, -0.2) is 42.9 Å². The summed E-state index contributed by atoms with van der Waals surface area (Å²) >= 11 is 3.47. The molecule has 1 aromatic rings. The Balaban J connectivity index is 1.58. The van der Waals surface area contributed by atoms with Crippen LogP contribution in [-0.2, 0) is 14.3 Å². The molecule has 0 aliphatic carbocycles. The molecule has 112 valence electrons. The van der Waals surface area contributed by atoms with E-state index in [1.165, 1.54) is 0 Å². The summed E-state index contributed by atoms with van der Waals surface area (Å²) < 4.78 is 12.3. The van der Waals surface area contributed by atoms with E-state index >= 15 is 0 Å². The Morgan fingerprint density at radius 2 is 1.86 bits per heavy atom. The number of piperidine rings is 1. The summed E-state index contributed by atoms with van der Waals surface area (Å²) in [4.78, 5) is 14.1. The Labute approximate surface area is 132 Å². The fraction of sp³-hybridized carbons (Fsp3) is 0.438. The number of nitrogens with zero attached hydrogens (tertiary/aromatic N) is 1. The predicted molar refractivity (Wildman–Crippen MR) is 83.6 cm³/mol. The maximum atomic E-state index is 12.2. The van der Waals surface area contributed by atoms with Crippen molar-refractivity contribution in [3.05, 3.63) is 40.4 Å². The fourth-order valence-electron chi connectivity index (χ4n) is 2.73. The number of hydrogen-bond acceptors (Lipinski definition) is 3. The van der Waals surface area contributed by atoms with Crippen LogP contribution >= 0.6 is 15.9 Å². The Kier molecular flexibility index (Phi) is 4.42. The molecule has 2 aliphatic rings. The molecule has 2 fully saturated rings. The Bertz CT molecular complexity index is 542. The van der Waals surface area contributed by atoms with Gasteiger partial charge in [-0.05, 0) is 17.7 Å². The fourth-order valence-corrected chi connectivity index (χ4v) is 3.15. The van der Waals surface area contributed by atoms with Crippen molar-refractivity contribution in [2.45, 2.75) is 18.6 Å². The van der Waals surface area contributed by atoms with Gasteiger partial charge in [0.05, 0.1) is 13.2 Å². The quantitative estimate of drug-likeness (QED) is 0.769. The van der Waals surface area contributed by atoms with Crippen LogP contribution in [0, 0.1) is 0 Å². The van der Waals surface area contributed by atoms with Gasteiger partial charge in [-0.3, -0.25) is 4.79 Å². The first-order chi connectivity index (χ1) is 10.2. The smallest absolute Gasteiger partial charge is 0.246 e. The van der Waals surface area contributed by atoms with Gasteiger partial charge >= 0.3 is 0 Å². The van der Waals surface area contributed by atoms with Crippen LogP contribution in [0.4, 0.5) is 0 Å². The average Bonchev–Trinajstić information content (AvgIpc) is 2.95. The van der Waals surface area contributed by atoms with Gasteiger partial charge in [-0.2, -0.15) is 0 Å². The highest BCUT2D eigenvalue weighted by Crippen LogP contribution is 2.31. The Morgan fingerprint density at radius 3 is 2.52 bits per heavy atom. The lowest BCUT2D eigenvalue weighted by Gasteiger charge is -2.37. The van der Waals surface area contributed by atoms with Gasteiger partial charge in [-0.15, -0.1) is 0 Å². The zero-order valence-corrected chi connectivity index (χ0v) is 13.3. The number of likely N-dealkylation sites (tertiary alicyclic amines) is 1. The average molecular weight is 352 g/mol. The van der Waals surface area contributed by atoms with Gasteiger partial charge in [0.25, 0.3) is 0 Å². The second-order valence-corrected chi connectivity index (χ2v) is 6.14. The summed E-state index contributed by atoms with van der Waals surface area (Å²) in [5.74, 6) is -0.387. The topological polar surface area (TPSA) is 38.8 Å². The van der Waals surface area contributed by atoms with E-state index in [0.717, 1.165) is 22.9 Å². The van der Waals surface area contributed by atoms with E-state index in [2.05, 4.69) is 15.9 Å². The lowest BCUT2D eigenvalue weighted by Crippen LogP contribution is -2.46. The number of carbonyl (C=O) groups excluding carboxylic acids is 1. The van der Waals surface area contributed by atoms with Crippen LogP contribution in [0.3, 0.4) is 0 Å². The molecule has 0 unspecified atom stereocenters. The number of hydrogen-bond donors (Lipinski definition) is 0. The first-order valence-corrected chi connectivity index (χ1v) is 7.97. The molecule has 21 heavy (non-hydrogen) atoms. The highest BCUT2D eigenvalue weighted by atomic mass is 79.9. The van der Waals surface area contributed by atoms with Gasteiger partial charge in [0.2, 0.25) is 5.91 Å². The summed E-state index contributed by atoms with van der Waals surface area (Å²) in [6.45, 7) is 2.68. The van der Waals surface area contributed by atoms with E-state index in [1.54, 1.807) is 6.08 Å². The minimum atomic E-state index is -0.428. The van der Waals surface area contributed by atoms with Crippen molar-refractivity contribution in [3.63, 3.8) is 0 Å². The second kappa shape index (κ2) is 6.30. The highest BCUT2D eigenvalue weighted by Gasteiger charge is 2.40. The third kappa shape index (κ3) is 3.36. The molecule has 0 saturated carbocycles. The molecule has 2 heterocycles. The molecule has 0 bridgehead atoms. The molecule has 0 aromatic heterocycles. The molecule has 5 heteroatoms. The summed E-state index contributed by atoms with van der Waals surface area (Å²) in [7, 11) is 0. The molecule has 1 amide bonds. The zero-order valence-electron chi connectivity index (χ0n) is 11.8. The molecular weight excluding hydrogens is 334 g/mol. The molecule has 2 aliphatic heterocycles. The molecule has 1 spiro atoms. The van der Waals surface area contributed by atoms with Gasteiger partial charge in [-0.25, -0.2) is 0 Å². The van der Waals surface area contributed by atoms with E-state index in [9.17, 15) is 4.79 Å². The van der Waals surface area contributed by atoms with E-state index in [1.807, 2.05) is 35.2 Å². The zero-order chi connectivity index (χ0) is 14.7. The largest absolute Gasteiger partial charge is 0.347 e. The van der Waals surface area contributed by atoms with Crippen molar-refractivity contribution in [2.75, 3.05) is 26.3 Å². The lowest BCUT2D eigenvalue weighted by atomic mass is 10.0. The Morgan fingerprint density at radius 1 is 1.19 bits per heavy atom. The number of benzene rings is 1. The number of rotatable bonds is 2. The highest BCUT2D eigenvalue weighted by molar-refractivity contribution is 9.10. The molecule has 1 aromatic carbocycles. The maximum Gasteiger partial charge on any atom is 0.246 e. The monoisotopic (exact) mass is 351 g/mol. The van der Waals surface area contributed by atoms with Crippen LogP contribution in [0.2, 0.25) is 0 Å². The summed E-state index contributed by atoms with van der Waals surface area (Å²) in [6, 6.07) is 7.84. The summed E-state index contributed by atoms with van der Waals surface area (Å²) in [5, 5.41) is 0. The SMILES string of the molecule is O=C(/C=C/c1ccccc1Br)N1CCC2(CC1)OCCO2. The van der Waals surface area contributed by atoms with Gasteiger partial charge in [0, 0.05) is 36.5 Å². The van der Waals surface area contributed by atoms with Gasteiger partial charge < -0.3 is 14.4 Å². The van der Waals surface area contributed by atoms with Crippen LogP contribution < -0.4 is 0 Å². The summed E-state index contributed by atoms with van der Waals surface area (Å²) in [5.41, 5.74) is 1.00. The van der Waals surface area contributed by atoms with Crippen LogP contribution in [0.25, 0.3) is 6.08 Å². The minimum absolute atomic E-state index is 0.0404. The lowest BCUT2D eigenvalue weighted by molar-refractivity contribution is -0.186. The first-order valence-electron chi connectivity index (χ1n) is 7.18. The standard InChI is InChI=1S/C16H18BrNO3/c17-14-4-2-1-3-13(14)5-6-15(19)18-9-7-16(8-10-18)20-11-12-21-16/h1-6H,7-12H2/b6-5+. The molecule has 0 radical (unpaired) electrons. The predicted octanol–water partition coefficient (Wildman–Crippen LogP) is 2.83. The number of carbonyl (C=O) groups is 1. The van der Waals surface area contributed by atoms with Gasteiger partial charge in [0.15, 0.2) is 5.79 Å². The molecular formula is C16H18BrNO3. The van der Waals surface area contributed by atoms with Crippen LogP contribution in [0.5, 0.6) is 0 Å². The second-order valence-electron chi connectivity index (χ2n) is 5.29. The molecule has 2 saturated heterocycles. The number of ether oxygens (including phenoxy) is 2. The van der Waals surface area contributed by atoms with E-state index in [4.69, 9.17) is 9.47 Å². The van der Waals surface area contributed by atoms with Crippen molar-refractivity contribution in [1.29, 1.82) is 0 Å². The third-order valence-electron chi connectivity index (χ3n) is 3.96.